The Balaban J connectivity index is 0.00000484. The van der Waals surface area contributed by atoms with Crippen LogP contribution in [0.5, 0.6) is 0 Å². The number of aryl methyl sites for hydroxylation is 1. The lowest BCUT2D eigenvalue weighted by molar-refractivity contribution is -0.376. The predicted molar refractivity (Wildman–Crippen MR) is 145 cm³/mol. The molecule has 0 aliphatic carbocycles. The highest BCUT2D eigenvalue weighted by molar-refractivity contribution is 5.68. The standard InChI is InChI=1S/C29H29F6N3O3.CH4/c1-19-14-21(16-37-12-13-38(24(18-37)15-26(39)40)17-20-8-10-36-11-9-20)2-7-25(19)22-3-5-23(6-4-22)27(41,28(30,31)32)29(33,34)35;/h2-11,14,24,41H,12-13,15-18H2,1H3,(H,39,40);1H4/t24-;/m1./s1. The number of hydrogen-bond acceptors (Lipinski definition) is 5. The van der Waals surface area contributed by atoms with Gasteiger partial charge in [-0.1, -0.05) is 49.9 Å². The van der Waals surface area contributed by atoms with Gasteiger partial charge < -0.3 is 10.2 Å². The fourth-order valence-corrected chi connectivity index (χ4v) is 5.21. The smallest absolute Gasteiger partial charge is 0.430 e. The zero-order chi connectivity index (χ0) is 30.0. The first-order chi connectivity index (χ1) is 19.2. The second kappa shape index (κ2) is 12.8. The summed E-state index contributed by atoms with van der Waals surface area (Å²) < 4.78 is 79.3. The van der Waals surface area contributed by atoms with E-state index in [0.717, 1.165) is 28.8 Å². The lowest BCUT2D eigenvalue weighted by atomic mass is 9.90. The summed E-state index contributed by atoms with van der Waals surface area (Å²) in [5.41, 5.74) is -2.53. The number of halogens is 6. The number of alkyl halides is 6. The van der Waals surface area contributed by atoms with E-state index in [0.29, 0.717) is 56.0 Å². The van der Waals surface area contributed by atoms with Gasteiger partial charge in [0.05, 0.1) is 6.42 Å². The van der Waals surface area contributed by atoms with Gasteiger partial charge in [-0.15, -0.1) is 0 Å². The zero-order valence-electron chi connectivity index (χ0n) is 22.1. The van der Waals surface area contributed by atoms with Crippen LogP contribution in [0.15, 0.2) is 67.0 Å². The molecule has 0 spiro atoms. The highest BCUT2D eigenvalue weighted by atomic mass is 19.4. The van der Waals surface area contributed by atoms with Crippen molar-refractivity contribution in [2.75, 3.05) is 19.6 Å². The molecule has 1 aliphatic heterocycles. The van der Waals surface area contributed by atoms with Gasteiger partial charge in [-0.05, 0) is 46.9 Å². The molecule has 2 N–H and O–H groups in total. The number of piperazine rings is 1. The minimum Gasteiger partial charge on any atom is -0.481 e. The van der Waals surface area contributed by atoms with Crippen molar-refractivity contribution >= 4 is 5.97 Å². The van der Waals surface area contributed by atoms with Gasteiger partial charge in [-0.25, -0.2) is 0 Å². The van der Waals surface area contributed by atoms with Gasteiger partial charge in [0.2, 0.25) is 0 Å². The zero-order valence-corrected chi connectivity index (χ0v) is 22.1. The molecule has 6 nitrogen and oxygen atoms in total. The van der Waals surface area contributed by atoms with E-state index in [1.165, 1.54) is 0 Å². The molecule has 0 bridgehead atoms. The molecule has 0 radical (unpaired) electrons. The predicted octanol–water partition coefficient (Wildman–Crippen LogP) is 6.17. The van der Waals surface area contributed by atoms with Gasteiger partial charge in [0.25, 0.3) is 5.60 Å². The molecule has 1 saturated heterocycles. The summed E-state index contributed by atoms with van der Waals surface area (Å²) in [7, 11) is 0. The van der Waals surface area contributed by atoms with Crippen molar-refractivity contribution in [3.8, 4) is 11.1 Å². The third-order valence-electron chi connectivity index (χ3n) is 7.37. The fraction of sp³-hybridized carbons (Fsp3) is 0.400. The van der Waals surface area contributed by atoms with Gasteiger partial charge in [-0.2, -0.15) is 26.3 Å². The minimum atomic E-state index is -5.95. The number of aromatic nitrogens is 1. The van der Waals surface area contributed by atoms with E-state index < -0.39 is 29.5 Å². The first-order valence-electron chi connectivity index (χ1n) is 12.8. The molecule has 42 heavy (non-hydrogen) atoms. The number of carbonyl (C=O) groups is 1. The van der Waals surface area contributed by atoms with Crippen LogP contribution >= 0.6 is 0 Å². The lowest BCUT2D eigenvalue weighted by Crippen LogP contribution is -2.53. The molecular weight excluding hydrogens is 564 g/mol. The van der Waals surface area contributed by atoms with Crippen LogP contribution in [0.3, 0.4) is 0 Å². The van der Waals surface area contributed by atoms with Crippen molar-refractivity contribution in [2.24, 2.45) is 0 Å². The summed E-state index contributed by atoms with van der Waals surface area (Å²) in [6.45, 7) is 4.87. The number of rotatable bonds is 8. The van der Waals surface area contributed by atoms with Crippen LogP contribution in [0.2, 0.25) is 0 Å². The highest BCUT2D eigenvalue weighted by Crippen LogP contribution is 2.50. The van der Waals surface area contributed by atoms with Crippen molar-refractivity contribution in [3.05, 3.63) is 89.2 Å². The second-order valence-corrected chi connectivity index (χ2v) is 10.2. The van der Waals surface area contributed by atoms with E-state index in [4.69, 9.17) is 0 Å². The Bertz CT molecular complexity index is 1330. The Labute approximate surface area is 240 Å². The Morgan fingerprint density at radius 3 is 2.07 bits per heavy atom. The van der Waals surface area contributed by atoms with Crippen molar-refractivity contribution < 1.29 is 41.4 Å². The minimum absolute atomic E-state index is 0. The van der Waals surface area contributed by atoms with Crippen molar-refractivity contribution in [2.45, 2.75) is 57.9 Å². The molecule has 12 heteroatoms. The molecule has 0 unspecified atom stereocenters. The largest absolute Gasteiger partial charge is 0.481 e. The molecule has 1 fully saturated rings. The molecule has 2 aromatic carbocycles. The van der Waals surface area contributed by atoms with Gasteiger partial charge in [0, 0.05) is 56.7 Å². The second-order valence-electron chi connectivity index (χ2n) is 10.2. The number of aliphatic carboxylic acids is 1. The average molecular weight is 598 g/mol. The number of nitrogens with zero attached hydrogens (tertiary/aromatic N) is 3. The summed E-state index contributed by atoms with van der Waals surface area (Å²) >= 11 is 0. The summed E-state index contributed by atoms with van der Waals surface area (Å²) in [5, 5.41) is 19.1. The van der Waals surface area contributed by atoms with E-state index in [-0.39, 0.29) is 19.9 Å². The Hall–Kier alpha value is -3.48. The molecule has 1 aromatic heterocycles. The summed E-state index contributed by atoms with van der Waals surface area (Å²) in [4.78, 5) is 19.9. The highest BCUT2D eigenvalue weighted by Gasteiger charge is 2.71. The average Bonchev–Trinajstić information content (AvgIpc) is 2.89. The maximum Gasteiger partial charge on any atom is 0.430 e. The van der Waals surface area contributed by atoms with Gasteiger partial charge in [0.15, 0.2) is 0 Å². The Kier molecular flexibility index (Phi) is 10.1. The van der Waals surface area contributed by atoms with E-state index in [2.05, 4.69) is 14.8 Å². The van der Waals surface area contributed by atoms with Crippen LogP contribution in [0.25, 0.3) is 11.1 Å². The first kappa shape index (κ1) is 33.0. The number of aliphatic hydroxyl groups is 1. The third-order valence-corrected chi connectivity index (χ3v) is 7.37. The third kappa shape index (κ3) is 7.11. The summed E-state index contributed by atoms with van der Waals surface area (Å²) in [6, 6.07) is 12.6. The van der Waals surface area contributed by atoms with Crippen LogP contribution in [0, 0.1) is 6.92 Å². The molecular formula is C30H33F6N3O3. The van der Waals surface area contributed by atoms with Gasteiger partial charge >= 0.3 is 18.3 Å². The van der Waals surface area contributed by atoms with Crippen LogP contribution < -0.4 is 0 Å². The van der Waals surface area contributed by atoms with Crippen molar-refractivity contribution in [1.82, 2.24) is 14.8 Å². The van der Waals surface area contributed by atoms with Crippen molar-refractivity contribution in [1.29, 1.82) is 0 Å². The topological polar surface area (TPSA) is 76.9 Å². The Morgan fingerprint density at radius 1 is 0.905 bits per heavy atom. The van der Waals surface area contributed by atoms with Gasteiger partial charge in [0.1, 0.15) is 0 Å². The van der Waals surface area contributed by atoms with Crippen LogP contribution in [-0.4, -0.2) is 69.0 Å². The van der Waals surface area contributed by atoms with Crippen LogP contribution in [0.4, 0.5) is 26.3 Å². The van der Waals surface area contributed by atoms with Crippen LogP contribution in [-0.2, 0) is 23.5 Å². The maximum absolute atomic E-state index is 13.2. The molecule has 0 saturated carbocycles. The SMILES string of the molecule is C.Cc1cc(CN2CCN(Cc3ccncc3)[C@H](CC(=O)O)C2)ccc1-c1ccc(C(O)(C(F)(F)F)C(F)(F)F)cc1. The van der Waals surface area contributed by atoms with E-state index in [1.807, 2.05) is 24.3 Å². The van der Waals surface area contributed by atoms with Crippen LogP contribution in [0.1, 0.15) is 36.1 Å². The van der Waals surface area contributed by atoms with E-state index in [9.17, 15) is 41.4 Å². The molecule has 4 rings (SSSR count). The summed E-state index contributed by atoms with van der Waals surface area (Å²) in [5.74, 6) is -0.883. The molecule has 2 heterocycles. The summed E-state index contributed by atoms with van der Waals surface area (Å²) in [6.07, 6.45) is -8.50. The van der Waals surface area contributed by atoms with E-state index in [1.54, 1.807) is 25.4 Å². The number of benzene rings is 2. The number of pyridine rings is 1. The molecule has 0 amide bonds. The lowest BCUT2D eigenvalue weighted by Gasteiger charge is -2.41. The molecule has 228 valence electrons. The van der Waals surface area contributed by atoms with Crippen molar-refractivity contribution in [3.63, 3.8) is 0 Å². The normalized spacial score (nSPS) is 17.1. The quantitative estimate of drug-likeness (QED) is 0.303. The number of carboxylic acid groups (broad SMARTS) is 1. The fourth-order valence-electron chi connectivity index (χ4n) is 5.21. The maximum atomic E-state index is 13.2. The monoisotopic (exact) mass is 597 g/mol. The van der Waals surface area contributed by atoms with Gasteiger partial charge in [-0.3, -0.25) is 19.6 Å². The van der Waals surface area contributed by atoms with E-state index >= 15 is 0 Å². The number of hydrogen-bond donors (Lipinski definition) is 2. The molecule has 3 aromatic rings. The number of carboxylic acids is 1. The molecule has 1 aliphatic rings. The molecule has 1 atom stereocenters. The first-order valence-corrected chi connectivity index (χ1v) is 12.8. The Morgan fingerprint density at radius 2 is 1.52 bits per heavy atom.